The van der Waals surface area contributed by atoms with Crippen molar-refractivity contribution in [3.63, 3.8) is 0 Å². The number of nitriles is 1. The predicted octanol–water partition coefficient (Wildman–Crippen LogP) is 2.92. The summed E-state index contributed by atoms with van der Waals surface area (Å²) in [6, 6.07) is 4.07. The molecule has 0 unspecified atom stereocenters. The molecule has 0 aliphatic rings. The van der Waals surface area contributed by atoms with Crippen molar-refractivity contribution in [2.75, 3.05) is 18.0 Å². The average Bonchev–Trinajstić information content (AvgIpc) is 2.22. The summed E-state index contributed by atoms with van der Waals surface area (Å²) in [7, 11) is 0. The Labute approximate surface area is 111 Å². The molecule has 0 bridgehead atoms. The minimum atomic E-state index is 0.507. The number of aromatic nitrogens is 2. The van der Waals surface area contributed by atoms with Crippen LogP contribution in [0.3, 0.4) is 0 Å². The van der Waals surface area contributed by atoms with E-state index >= 15 is 0 Å². The topological polar surface area (TPSA) is 52.8 Å². The largest absolute Gasteiger partial charge is 0.355 e. The molecule has 0 N–H and O–H groups in total. The van der Waals surface area contributed by atoms with Crippen molar-refractivity contribution in [2.24, 2.45) is 5.92 Å². The van der Waals surface area contributed by atoms with Crippen molar-refractivity contribution in [3.8, 4) is 6.07 Å². The maximum absolute atomic E-state index is 8.69. The Kier molecular flexibility index (Phi) is 5.36. The molecule has 1 aromatic heterocycles. The van der Waals surface area contributed by atoms with Gasteiger partial charge in [0.15, 0.2) is 0 Å². The quantitative estimate of drug-likeness (QED) is 0.784. The van der Waals surface area contributed by atoms with E-state index in [2.05, 4.69) is 50.7 Å². The van der Waals surface area contributed by atoms with Gasteiger partial charge in [-0.1, -0.05) is 13.8 Å². The van der Waals surface area contributed by atoms with E-state index in [1.54, 1.807) is 0 Å². The summed E-state index contributed by atoms with van der Waals surface area (Å²) in [4.78, 5) is 10.7. The van der Waals surface area contributed by atoms with E-state index in [9.17, 15) is 0 Å². The van der Waals surface area contributed by atoms with Gasteiger partial charge >= 0.3 is 0 Å². The molecule has 0 saturated heterocycles. The Balaban J connectivity index is 2.91. The monoisotopic (exact) mass is 296 g/mol. The van der Waals surface area contributed by atoms with Crippen molar-refractivity contribution in [1.82, 2.24) is 9.97 Å². The Hall–Kier alpha value is -1.15. The highest BCUT2D eigenvalue weighted by molar-refractivity contribution is 9.10. The van der Waals surface area contributed by atoms with Gasteiger partial charge in [-0.25, -0.2) is 9.97 Å². The summed E-state index contributed by atoms with van der Waals surface area (Å²) in [6.45, 7) is 7.78. The second-order valence-corrected chi connectivity index (χ2v) is 5.16. The Morgan fingerprint density at radius 1 is 1.47 bits per heavy atom. The van der Waals surface area contributed by atoms with Crippen LogP contribution in [0, 0.1) is 24.2 Å². The van der Waals surface area contributed by atoms with Gasteiger partial charge < -0.3 is 4.90 Å². The minimum Gasteiger partial charge on any atom is -0.355 e. The van der Waals surface area contributed by atoms with Gasteiger partial charge in [0.05, 0.1) is 12.5 Å². The molecular formula is C12H17BrN4. The number of aryl methyl sites for hydroxylation is 1. The highest BCUT2D eigenvalue weighted by Crippen LogP contribution is 2.17. The third kappa shape index (κ3) is 4.70. The first-order chi connectivity index (χ1) is 8.02. The molecule has 1 aromatic rings. The van der Waals surface area contributed by atoms with Crippen LogP contribution in [-0.4, -0.2) is 23.1 Å². The van der Waals surface area contributed by atoms with Crippen molar-refractivity contribution in [2.45, 2.75) is 27.2 Å². The number of hydrogen-bond donors (Lipinski definition) is 0. The molecule has 0 fully saturated rings. The molecule has 17 heavy (non-hydrogen) atoms. The van der Waals surface area contributed by atoms with Gasteiger partial charge in [-0.3, -0.25) is 0 Å². The van der Waals surface area contributed by atoms with Crippen LogP contribution in [0.25, 0.3) is 0 Å². The fourth-order valence-electron chi connectivity index (χ4n) is 1.60. The minimum absolute atomic E-state index is 0.507. The van der Waals surface area contributed by atoms with Crippen LogP contribution in [0.4, 0.5) is 5.82 Å². The van der Waals surface area contributed by atoms with Crippen LogP contribution in [0.5, 0.6) is 0 Å². The molecule has 1 heterocycles. The third-order valence-electron chi connectivity index (χ3n) is 2.20. The molecule has 1 rings (SSSR count). The number of nitrogens with zero attached hydrogens (tertiary/aromatic N) is 4. The van der Waals surface area contributed by atoms with Gasteiger partial charge in [-0.15, -0.1) is 0 Å². The number of anilines is 1. The molecule has 0 spiro atoms. The number of halogens is 1. The standard InChI is InChI=1S/C12H17BrN4/c1-9(2)8-17(6-4-5-14)12-7-11(13)15-10(3)16-12/h7,9H,4,6,8H2,1-3H3. The second-order valence-electron chi connectivity index (χ2n) is 4.34. The summed E-state index contributed by atoms with van der Waals surface area (Å²) in [5, 5.41) is 8.69. The molecule has 0 aliphatic carbocycles. The lowest BCUT2D eigenvalue weighted by Crippen LogP contribution is -2.29. The van der Waals surface area contributed by atoms with Crippen LogP contribution < -0.4 is 4.90 Å². The van der Waals surface area contributed by atoms with E-state index in [4.69, 9.17) is 5.26 Å². The summed E-state index contributed by atoms with van der Waals surface area (Å²) >= 11 is 3.37. The summed E-state index contributed by atoms with van der Waals surface area (Å²) in [5.74, 6) is 2.15. The molecule has 0 saturated carbocycles. The van der Waals surface area contributed by atoms with Crippen molar-refractivity contribution in [1.29, 1.82) is 5.26 Å². The van der Waals surface area contributed by atoms with E-state index in [1.807, 2.05) is 13.0 Å². The molecule has 5 heteroatoms. The normalized spacial score (nSPS) is 10.4. The predicted molar refractivity (Wildman–Crippen MR) is 71.8 cm³/mol. The molecule has 0 aliphatic heterocycles. The zero-order valence-electron chi connectivity index (χ0n) is 10.4. The lowest BCUT2D eigenvalue weighted by Gasteiger charge is -2.24. The van der Waals surface area contributed by atoms with Gasteiger partial charge in [0.25, 0.3) is 0 Å². The zero-order valence-corrected chi connectivity index (χ0v) is 12.0. The van der Waals surface area contributed by atoms with Gasteiger partial charge in [-0.05, 0) is 28.8 Å². The van der Waals surface area contributed by atoms with Crippen LogP contribution in [0.15, 0.2) is 10.7 Å². The summed E-state index contributed by atoms with van der Waals surface area (Å²) in [6.07, 6.45) is 0.507. The van der Waals surface area contributed by atoms with E-state index < -0.39 is 0 Å². The highest BCUT2D eigenvalue weighted by atomic mass is 79.9. The number of hydrogen-bond acceptors (Lipinski definition) is 4. The third-order valence-corrected chi connectivity index (χ3v) is 2.60. The van der Waals surface area contributed by atoms with Gasteiger partial charge in [0.1, 0.15) is 16.2 Å². The number of rotatable bonds is 5. The van der Waals surface area contributed by atoms with Crippen molar-refractivity contribution >= 4 is 21.7 Å². The van der Waals surface area contributed by atoms with Crippen LogP contribution in [0.1, 0.15) is 26.1 Å². The average molecular weight is 297 g/mol. The van der Waals surface area contributed by atoms with Crippen molar-refractivity contribution in [3.05, 3.63) is 16.5 Å². The van der Waals surface area contributed by atoms with Crippen molar-refractivity contribution < 1.29 is 0 Å². The summed E-state index contributed by atoms with van der Waals surface area (Å²) in [5.41, 5.74) is 0. The van der Waals surface area contributed by atoms with Gasteiger partial charge in [-0.2, -0.15) is 5.26 Å². The molecule has 0 radical (unpaired) electrons. The Morgan fingerprint density at radius 2 is 2.18 bits per heavy atom. The molecular weight excluding hydrogens is 280 g/mol. The fraction of sp³-hybridized carbons (Fsp3) is 0.583. The van der Waals surface area contributed by atoms with Crippen LogP contribution in [0.2, 0.25) is 0 Å². The molecule has 4 nitrogen and oxygen atoms in total. The maximum Gasteiger partial charge on any atom is 0.133 e. The Morgan fingerprint density at radius 3 is 2.71 bits per heavy atom. The first-order valence-corrected chi connectivity index (χ1v) is 6.45. The maximum atomic E-state index is 8.69. The molecule has 0 amide bonds. The zero-order chi connectivity index (χ0) is 12.8. The van der Waals surface area contributed by atoms with Crippen LogP contribution in [-0.2, 0) is 0 Å². The second kappa shape index (κ2) is 6.55. The highest BCUT2D eigenvalue weighted by Gasteiger charge is 2.11. The van der Waals surface area contributed by atoms with Gasteiger partial charge in [0, 0.05) is 19.2 Å². The molecule has 0 atom stereocenters. The lowest BCUT2D eigenvalue weighted by molar-refractivity contribution is 0.606. The smallest absolute Gasteiger partial charge is 0.133 e. The SMILES string of the molecule is Cc1nc(Br)cc(N(CCC#N)CC(C)C)n1. The van der Waals surface area contributed by atoms with E-state index in [1.165, 1.54) is 0 Å². The van der Waals surface area contributed by atoms with Gasteiger partial charge in [0.2, 0.25) is 0 Å². The van der Waals surface area contributed by atoms with E-state index in [0.29, 0.717) is 18.9 Å². The Bertz CT molecular complexity index is 391. The van der Waals surface area contributed by atoms with E-state index in [0.717, 1.165) is 22.8 Å². The summed E-state index contributed by atoms with van der Waals surface area (Å²) < 4.78 is 0.783. The molecule has 92 valence electrons. The van der Waals surface area contributed by atoms with E-state index in [-0.39, 0.29) is 0 Å². The first kappa shape index (κ1) is 13.9. The lowest BCUT2D eigenvalue weighted by atomic mass is 10.2. The fourth-order valence-corrected chi connectivity index (χ4v) is 2.06. The molecule has 0 aromatic carbocycles. The van der Waals surface area contributed by atoms with Crippen LogP contribution >= 0.6 is 15.9 Å². The first-order valence-electron chi connectivity index (χ1n) is 5.66.